The second-order valence-electron chi connectivity index (χ2n) is 4.68. The van der Waals surface area contributed by atoms with Crippen molar-refractivity contribution in [1.29, 1.82) is 0 Å². The predicted octanol–water partition coefficient (Wildman–Crippen LogP) is -0.151. The molecule has 7 nitrogen and oxygen atoms in total. The van der Waals surface area contributed by atoms with Gasteiger partial charge in [-0.25, -0.2) is 0 Å². The monoisotopic (exact) mass is 276 g/mol. The number of carbonyl (C=O) groups is 3. The van der Waals surface area contributed by atoms with Gasteiger partial charge in [-0.15, -0.1) is 0 Å². The minimum absolute atomic E-state index is 0.156. The Bertz CT molecular complexity index is 585. The summed E-state index contributed by atoms with van der Waals surface area (Å²) in [5.41, 5.74) is 7.00. The SMILES string of the molecule is CCC1C(=O)NC(=O)CN1C(=O)c1cnc(C)cc1N. The summed E-state index contributed by atoms with van der Waals surface area (Å²) in [7, 11) is 0. The summed E-state index contributed by atoms with van der Waals surface area (Å²) < 4.78 is 0. The number of aryl methyl sites for hydroxylation is 1. The highest BCUT2D eigenvalue weighted by atomic mass is 16.2. The number of anilines is 1. The maximum Gasteiger partial charge on any atom is 0.258 e. The third-order valence-electron chi connectivity index (χ3n) is 3.21. The number of nitrogen functional groups attached to an aromatic ring is 1. The number of amides is 3. The first-order chi connectivity index (χ1) is 9.43. The quantitative estimate of drug-likeness (QED) is 0.731. The van der Waals surface area contributed by atoms with E-state index in [9.17, 15) is 14.4 Å². The minimum atomic E-state index is -0.666. The Morgan fingerprint density at radius 1 is 1.55 bits per heavy atom. The predicted molar refractivity (Wildman–Crippen MR) is 71.7 cm³/mol. The van der Waals surface area contributed by atoms with Crippen molar-refractivity contribution in [1.82, 2.24) is 15.2 Å². The number of nitrogens with two attached hydrogens (primary N) is 1. The van der Waals surface area contributed by atoms with Crippen LogP contribution in [0.25, 0.3) is 0 Å². The van der Waals surface area contributed by atoms with E-state index < -0.39 is 23.8 Å². The van der Waals surface area contributed by atoms with E-state index in [1.807, 2.05) is 0 Å². The van der Waals surface area contributed by atoms with Gasteiger partial charge >= 0.3 is 0 Å². The van der Waals surface area contributed by atoms with Gasteiger partial charge in [-0.2, -0.15) is 0 Å². The Kier molecular flexibility index (Phi) is 3.69. The van der Waals surface area contributed by atoms with Gasteiger partial charge in [-0.05, 0) is 19.4 Å². The smallest absolute Gasteiger partial charge is 0.258 e. The number of rotatable bonds is 2. The summed E-state index contributed by atoms with van der Waals surface area (Å²) in [5, 5.41) is 2.22. The van der Waals surface area contributed by atoms with Gasteiger partial charge in [0, 0.05) is 17.6 Å². The topological polar surface area (TPSA) is 105 Å². The molecule has 0 radical (unpaired) electrons. The van der Waals surface area contributed by atoms with E-state index in [-0.39, 0.29) is 17.8 Å². The van der Waals surface area contributed by atoms with Crippen molar-refractivity contribution in [2.75, 3.05) is 12.3 Å². The molecule has 1 aliphatic heterocycles. The van der Waals surface area contributed by atoms with Crippen molar-refractivity contribution in [2.24, 2.45) is 0 Å². The highest BCUT2D eigenvalue weighted by molar-refractivity contribution is 6.08. The summed E-state index contributed by atoms with van der Waals surface area (Å²) in [6.07, 6.45) is 1.79. The number of nitrogens with one attached hydrogen (secondary N) is 1. The molecule has 3 N–H and O–H groups in total. The Morgan fingerprint density at radius 2 is 2.25 bits per heavy atom. The molecule has 106 valence electrons. The molecule has 1 unspecified atom stereocenters. The fraction of sp³-hybridized carbons (Fsp3) is 0.385. The van der Waals surface area contributed by atoms with Crippen LogP contribution in [0, 0.1) is 6.92 Å². The Balaban J connectivity index is 2.34. The second-order valence-corrected chi connectivity index (χ2v) is 4.68. The molecule has 0 saturated carbocycles. The maximum atomic E-state index is 12.5. The van der Waals surface area contributed by atoms with Crippen molar-refractivity contribution >= 4 is 23.4 Å². The molecule has 0 spiro atoms. The molecule has 2 rings (SSSR count). The minimum Gasteiger partial charge on any atom is -0.398 e. The largest absolute Gasteiger partial charge is 0.398 e. The van der Waals surface area contributed by atoms with Gasteiger partial charge < -0.3 is 10.6 Å². The average Bonchev–Trinajstić information content (AvgIpc) is 2.37. The van der Waals surface area contributed by atoms with E-state index >= 15 is 0 Å². The van der Waals surface area contributed by atoms with E-state index in [0.717, 1.165) is 0 Å². The summed E-state index contributed by atoms with van der Waals surface area (Å²) in [6, 6.07) is 0.918. The molecule has 1 aliphatic rings. The van der Waals surface area contributed by atoms with Crippen LogP contribution in [0.3, 0.4) is 0 Å². The fourth-order valence-electron chi connectivity index (χ4n) is 2.20. The molecule has 3 amide bonds. The van der Waals surface area contributed by atoms with E-state index in [1.54, 1.807) is 19.9 Å². The molecular weight excluding hydrogens is 260 g/mol. The Hall–Kier alpha value is -2.44. The van der Waals surface area contributed by atoms with E-state index in [0.29, 0.717) is 12.1 Å². The molecule has 1 fully saturated rings. The van der Waals surface area contributed by atoms with Gasteiger partial charge in [0.1, 0.15) is 12.6 Å². The molecule has 1 atom stereocenters. The fourth-order valence-corrected chi connectivity index (χ4v) is 2.20. The van der Waals surface area contributed by atoms with Crippen LogP contribution in [-0.4, -0.2) is 40.2 Å². The van der Waals surface area contributed by atoms with Gasteiger partial charge in [0.25, 0.3) is 5.91 Å². The summed E-state index contributed by atoms with van der Waals surface area (Å²) in [5.74, 6) is -1.41. The summed E-state index contributed by atoms with van der Waals surface area (Å²) >= 11 is 0. The molecular formula is C13H16N4O3. The lowest BCUT2D eigenvalue weighted by Gasteiger charge is -2.33. The number of nitrogens with zero attached hydrogens (tertiary/aromatic N) is 2. The molecule has 1 aromatic heterocycles. The van der Waals surface area contributed by atoms with Crippen molar-refractivity contribution in [3.8, 4) is 0 Å². The molecule has 0 aliphatic carbocycles. The molecule has 1 aromatic rings. The van der Waals surface area contributed by atoms with Gasteiger partial charge in [-0.3, -0.25) is 24.7 Å². The molecule has 0 aromatic carbocycles. The lowest BCUT2D eigenvalue weighted by molar-refractivity contribution is -0.138. The number of hydrogen-bond donors (Lipinski definition) is 2. The number of hydrogen-bond acceptors (Lipinski definition) is 5. The summed E-state index contributed by atoms with van der Waals surface area (Å²) in [4.78, 5) is 40.9. The van der Waals surface area contributed by atoms with Crippen LogP contribution in [-0.2, 0) is 9.59 Å². The molecule has 2 heterocycles. The molecule has 7 heteroatoms. The third-order valence-corrected chi connectivity index (χ3v) is 3.21. The zero-order chi connectivity index (χ0) is 14.9. The van der Waals surface area contributed by atoms with Gasteiger partial charge in [0.15, 0.2) is 0 Å². The van der Waals surface area contributed by atoms with Crippen LogP contribution >= 0.6 is 0 Å². The van der Waals surface area contributed by atoms with Crippen molar-refractivity contribution in [2.45, 2.75) is 26.3 Å². The van der Waals surface area contributed by atoms with Gasteiger partial charge in [0.2, 0.25) is 11.8 Å². The second kappa shape index (κ2) is 5.28. The van der Waals surface area contributed by atoms with Crippen LogP contribution in [0.5, 0.6) is 0 Å². The zero-order valence-electron chi connectivity index (χ0n) is 11.3. The first-order valence-electron chi connectivity index (χ1n) is 6.30. The highest BCUT2D eigenvalue weighted by Gasteiger charge is 2.36. The molecule has 20 heavy (non-hydrogen) atoms. The first kappa shape index (κ1) is 14.0. The van der Waals surface area contributed by atoms with E-state index in [1.165, 1.54) is 11.1 Å². The number of pyridine rings is 1. The lowest BCUT2D eigenvalue weighted by Crippen LogP contribution is -2.59. The lowest BCUT2D eigenvalue weighted by atomic mass is 10.1. The first-order valence-corrected chi connectivity index (χ1v) is 6.30. The van der Waals surface area contributed by atoms with Crippen LogP contribution in [0.15, 0.2) is 12.3 Å². The number of aromatic nitrogens is 1. The number of piperazine rings is 1. The van der Waals surface area contributed by atoms with Crippen LogP contribution in [0.4, 0.5) is 5.69 Å². The standard InChI is InChI=1S/C13H16N4O3/c1-3-10-12(19)16-11(18)6-17(10)13(20)8-5-15-7(2)4-9(8)14/h4-5,10H,3,6H2,1-2H3,(H2,14,15)(H,16,18,19). The van der Waals surface area contributed by atoms with E-state index in [2.05, 4.69) is 10.3 Å². The van der Waals surface area contributed by atoms with Crippen LogP contribution in [0.1, 0.15) is 29.4 Å². The van der Waals surface area contributed by atoms with Crippen molar-refractivity contribution < 1.29 is 14.4 Å². The average molecular weight is 276 g/mol. The van der Waals surface area contributed by atoms with E-state index in [4.69, 9.17) is 5.73 Å². The number of imide groups is 1. The van der Waals surface area contributed by atoms with Crippen LogP contribution in [0.2, 0.25) is 0 Å². The Labute approximate surface area is 116 Å². The van der Waals surface area contributed by atoms with Crippen LogP contribution < -0.4 is 11.1 Å². The number of carbonyl (C=O) groups excluding carboxylic acids is 3. The van der Waals surface area contributed by atoms with Crippen molar-refractivity contribution in [3.63, 3.8) is 0 Å². The maximum absolute atomic E-state index is 12.5. The normalized spacial score (nSPS) is 18.9. The van der Waals surface area contributed by atoms with Gasteiger partial charge in [-0.1, -0.05) is 6.92 Å². The Morgan fingerprint density at radius 3 is 2.85 bits per heavy atom. The molecule has 1 saturated heterocycles. The van der Waals surface area contributed by atoms with Crippen molar-refractivity contribution in [3.05, 3.63) is 23.5 Å². The molecule has 0 bridgehead atoms. The highest BCUT2D eigenvalue weighted by Crippen LogP contribution is 2.18. The van der Waals surface area contributed by atoms with Gasteiger partial charge in [0.05, 0.1) is 5.56 Å². The zero-order valence-corrected chi connectivity index (χ0v) is 11.3. The third kappa shape index (κ3) is 2.47. The summed E-state index contributed by atoms with van der Waals surface area (Å²) in [6.45, 7) is 3.38.